The average Bonchev–Trinajstić information content (AvgIpc) is 2.41. The van der Waals surface area contributed by atoms with E-state index in [1.807, 2.05) is 14.1 Å². The summed E-state index contributed by atoms with van der Waals surface area (Å²) in [5, 5.41) is 0. The molecule has 0 aromatic heterocycles. The Morgan fingerprint density at radius 1 is 1.42 bits per heavy atom. The van der Waals surface area contributed by atoms with E-state index in [1.54, 1.807) is 30.0 Å². The summed E-state index contributed by atoms with van der Waals surface area (Å²) >= 11 is 0. The lowest BCUT2D eigenvalue weighted by Crippen LogP contribution is -2.47. The van der Waals surface area contributed by atoms with Crippen molar-refractivity contribution in [2.24, 2.45) is 0 Å². The molecule has 1 unspecified atom stereocenters. The number of piperidine rings is 1. The van der Waals surface area contributed by atoms with E-state index in [9.17, 15) is 9.18 Å². The van der Waals surface area contributed by atoms with E-state index >= 15 is 0 Å². The molecule has 1 aliphatic heterocycles. The molecule has 0 bridgehead atoms. The summed E-state index contributed by atoms with van der Waals surface area (Å²) in [4.78, 5) is 16.3. The zero-order valence-corrected chi connectivity index (χ0v) is 11.8. The quantitative estimate of drug-likeness (QED) is 0.818. The number of likely N-dealkylation sites (N-methyl/N-ethyl adjacent to an activating group) is 1. The molecule has 0 aliphatic carbocycles. The largest absolute Gasteiger partial charge is 0.337 e. The van der Waals surface area contributed by atoms with Gasteiger partial charge in [-0.2, -0.15) is 0 Å². The highest BCUT2D eigenvalue weighted by Gasteiger charge is 2.27. The molecule has 1 atom stereocenters. The van der Waals surface area contributed by atoms with E-state index in [4.69, 9.17) is 0 Å². The minimum atomic E-state index is -0.389. The Hall–Kier alpha value is -1.42. The maximum absolute atomic E-state index is 14.0. The Morgan fingerprint density at radius 2 is 2.16 bits per heavy atom. The predicted molar refractivity (Wildman–Crippen MR) is 73.7 cm³/mol. The lowest BCUT2D eigenvalue weighted by molar-refractivity contribution is 0.0630. The minimum Gasteiger partial charge on any atom is -0.337 e. The third-order valence-electron chi connectivity index (χ3n) is 3.84. The first-order valence-electron chi connectivity index (χ1n) is 6.71. The van der Waals surface area contributed by atoms with E-state index in [0.717, 1.165) is 19.4 Å². The first-order chi connectivity index (χ1) is 9.00. The summed E-state index contributed by atoms with van der Waals surface area (Å²) in [6.45, 7) is 3.08. The fourth-order valence-electron chi connectivity index (χ4n) is 2.54. The number of hydrogen-bond acceptors (Lipinski definition) is 2. The highest BCUT2D eigenvalue weighted by Crippen LogP contribution is 2.19. The number of carbonyl (C=O) groups is 1. The zero-order valence-electron chi connectivity index (χ0n) is 11.8. The molecule has 1 amide bonds. The molecule has 0 saturated carbocycles. The lowest BCUT2D eigenvalue weighted by atomic mass is 10.0. The molecule has 1 saturated heterocycles. The predicted octanol–water partition coefficient (Wildman–Crippen LogP) is 2.30. The second-order valence-electron chi connectivity index (χ2n) is 5.45. The van der Waals surface area contributed by atoms with Gasteiger partial charge in [0.2, 0.25) is 0 Å². The summed E-state index contributed by atoms with van der Waals surface area (Å²) < 4.78 is 14.0. The zero-order chi connectivity index (χ0) is 14.0. The highest BCUT2D eigenvalue weighted by molar-refractivity contribution is 5.94. The lowest BCUT2D eigenvalue weighted by Gasteiger charge is -2.36. The van der Waals surface area contributed by atoms with Crippen LogP contribution in [0.25, 0.3) is 0 Å². The van der Waals surface area contributed by atoms with Gasteiger partial charge in [-0.25, -0.2) is 4.39 Å². The van der Waals surface area contributed by atoms with E-state index in [1.165, 1.54) is 0 Å². The molecule has 1 fully saturated rings. The van der Waals surface area contributed by atoms with Crippen LogP contribution in [0.4, 0.5) is 4.39 Å². The summed E-state index contributed by atoms with van der Waals surface area (Å²) in [5.74, 6) is -0.577. The van der Waals surface area contributed by atoms with Gasteiger partial charge in [0.05, 0.1) is 5.56 Å². The number of likely N-dealkylation sites (tertiary alicyclic amines) is 1. The van der Waals surface area contributed by atoms with Crippen LogP contribution in [-0.2, 0) is 0 Å². The number of halogens is 1. The maximum Gasteiger partial charge on any atom is 0.256 e. The summed E-state index contributed by atoms with van der Waals surface area (Å²) in [6, 6.07) is 5.36. The van der Waals surface area contributed by atoms with Crippen LogP contribution in [0.5, 0.6) is 0 Å². The second-order valence-corrected chi connectivity index (χ2v) is 5.45. The molecule has 19 heavy (non-hydrogen) atoms. The number of benzene rings is 1. The number of amides is 1. The first-order valence-corrected chi connectivity index (χ1v) is 6.71. The summed E-state index contributed by atoms with van der Waals surface area (Å²) in [5.41, 5.74) is 0.714. The van der Waals surface area contributed by atoms with Crippen molar-refractivity contribution in [2.75, 3.05) is 27.2 Å². The molecule has 1 aromatic carbocycles. The SMILES string of the molecule is Cc1cccc(C(=O)N2CCCC(N(C)C)C2)c1F. The van der Waals surface area contributed by atoms with Gasteiger partial charge in [-0.1, -0.05) is 12.1 Å². The van der Waals surface area contributed by atoms with Crippen LogP contribution >= 0.6 is 0 Å². The fourth-order valence-corrected chi connectivity index (χ4v) is 2.54. The van der Waals surface area contributed by atoms with Gasteiger partial charge in [-0.05, 0) is 45.5 Å². The van der Waals surface area contributed by atoms with Crippen LogP contribution in [0.2, 0.25) is 0 Å². The third-order valence-corrected chi connectivity index (χ3v) is 3.84. The monoisotopic (exact) mass is 264 g/mol. The Labute approximate surface area is 114 Å². The van der Waals surface area contributed by atoms with Gasteiger partial charge in [0.1, 0.15) is 5.82 Å². The van der Waals surface area contributed by atoms with Gasteiger partial charge in [0, 0.05) is 19.1 Å². The van der Waals surface area contributed by atoms with E-state index in [-0.39, 0.29) is 17.3 Å². The van der Waals surface area contributed by atoms with Crippen LogP contribution in [0.1, 0.15) is 28.8 Å². The number of rotatable bonds is 2. The normalized spacial score (nSPS) is 19.8. The topological polar surface area (TPSA) is 23.6 Å². The number of carbonyl (C=O) groups excluding carboxylic acids is 1. The molecular formula is C15H21FN2O. The first kappa shape index (κ1) is 14.0. The summed E-state index contributed by atoms with van der Waals surface area (Å²) in [6.07, 6.45) is 2.06. The Kier molecular flexibility index (Phi) is 4.20. The van der Waals surface area contributed by atoms with Crippen molar-refractivity contribution in [3.8, 4) is 0 Å². The van der Waals surface area contributed by atoms with Crippen molar-refractivity contribution in [3.63, 3.8) is 0 Å². The Bertz CT molecular complexity index is 473. The molecule has 1 aliphatic rings. The molecule has 2 rings (SSSR count). The molecule has 1 aromatic rings. The third kappa shape index (κ3) is 2.95. The minimum absolute atomic E-state index is 0.187. The maximum atomic E-state index is 14.0. The highest BCUT2D eigenvalue weighted by atomic mass is 19.1. The number of hydrogen-bond donors (Lipinski definition) is 0. The number of nitrogens with zero attached hydrogens (tertiary/aromatic N) is 2. The fraction of sp³-hybridized carbons (Fsp3) is 0.533. The van der Waals surface area contributed by atoms with Crippen LogP contribution in [-0.4, -0.2) is 48.9 Å². The van der Waals surface area contributed by atoms with Gasteiger partial charge >= 0.3 is 0 Å². The molecular weight excluding hydrogens is 243 g/mol. The van der Waals surface area contributed by atoms with Crippen LogP contribution in [0.15, 0.2) is 18.2 Å². The molecule has 0 N–H and O–H groups in total. The van der Waals surface area contributed by atoms with Gasteiger partial charge in [0.15, 0.2) is 0 Å². The summed E-state index contributed by atoms with van der Waals surface area (Å²) in [7, 11) is 4.04. The Morgan fingerprint density at radius 3 is 2.84 bits per heavy atom. The van der Waals surface area contributed by atoms with Crippen molar-refractivity contribution in [3.05, 3.63) is 35.1 Å². The van der Waals surface area contributed by atoms with Gasteiger partial charge < -0.3 is 9.80 Å². The molecule has 3 nitrogen and oxygen atoms in total. The van der Waals surface area contributed by atoms with E-state index < -0.39 is 0 Å². The second kappa shape index (κ2) is 5.70. The van der Waals surface area contributed by atoms with Gasteiger partial charge in [0.25, 0.3) is 5.91 Å². The molecule has 0 spiro atoms. The standard InChI is InChI=1S/C15H21FN2O/c1-11-6-4-8-13(14(11)16)15(19)18-9-5-7-12(10-18)17(2)3/h4,6,8,12H,5,7,9-10H2,1-3H3. The van der Waals surface area contributed by atoms with E-state index in [0.29, 0.717) is 18.2 Å². The van der Waals surface area contributed by atoms with Crippen molar-refractivity contribution in [1.82, 2.24) is 9.80 Å². The average molecular weight is 264 g/mol. The Balaban J connectivity index is 2.17. The van der Waals surface area contributed by atoms with E-state index in [2.05, 4.69) is 4.90 Å². The molecule has 104 valence electrons. The smallest absolute Gasteiger partial charge is 0.256 e. The van der Waals surface area contributed by atoms with Gasteiger partial charge in [-0.15, -0.1) is 0 Å². The van der Waals surface area contributed by atoms with Gasteiger partial charge in [-0.3, -0.25) is 4.79 Å². The van der Waals surface area contributed by atoms with Crippen LogP contribution < -0.4 is 0 Å². The van der Waals surface area contributed by atoms with Crippen LogP contribution in [0.3, 0.4) is 0 Å². The molecule has 0 radical (unpaired) electrons. The van der Waals surface area contributed by atoms with Crippen LogP contribution in [0, 0.1) is 12.7 Å². The van der Waals surface area contributed by atoms with Crippen molar-refractivity contribution in [2.45, 2.75) is 25.8 Å². The van der Waals surface area contributed by atoms with Crippen molar-refractivity contribution >= 4 is 5.91 Å². The van der Waals surface area contributed by atoms with Crippen molar-refractivity contribution < 1.29 is 9.18 Å². The number of aryl methyl sites for hydroxylation is 1. The van der Waals surface area contributed by atoms with Crippen molar-refractivity contribution in [1.29, 1.82) is 0 Å². The molecule has 4 heteroatoms. The molecule has 1 heterocycles.